The average molecular weight is 455 g/mol. The van der Waals surface area contributed by atoms with Gasteiger partial charge in [-0.1, -0.05) is 15.9 Å². The Morgan fingerprint density at radius 2 is 1.03 bits per heavy atom. The topological polar surface area (TPSA) is 52.6 Å². The highest BCUT2D eigenvalue weighted by molar-refractivity contribution is 9.10. The first kappa shape index (κ1) is 14.5. The smallest absolute Gasteiger partial charge is 0.312 e. The first-order valence-corrected chi connectivity index (χ1v) is 12.7. The molecule has 0 aromatic carbocycles. The van der Waals surface area contributed by atoms with E-state index in [2.05, 4.69) is 15.9 Å². The van der Waals surface area contributed by atoms with Crippen molar-refractivity contribution in [2.24, 2.45) is 111 Å². The van der Waals surface area contributed by atoms with Crippen LogP contribution in [0.2, 0.25) is 0 Å². The van der Waals surface area contributed by atoms with Crippen molar-refractivity contribution in [1.29, 1.82) is 0 Å². The molecule has 0 heterocycles. The van der Waals surface area contributed by atoms with Gasteiger partial charge >= 0.3 is 11.9 Å². The molecule has 5 heteroatoms. The Labute approximate surface area is 176 Å². The Hall–Kier alpha value is -0.580. The average Bonchev–Trinajstić information content (AvgIpc) is 3.45. The molecule has 12 fully saturated rings. The SMILES string of the molecule is COC(=O)C12C3C4C5C6C3C3C1C1C7C2C4C2C5C4C6C3(Br)C1C4(C(=O)OC)C27. The molecule has 12 aliphatic carbocycles. The van der Waals surface area contributed by atoms with Crippen molar-refractivity contribution in [3.05, 3.63) is 0 Å². The number of hydrogen-bond acceptors (Lipinski definition) is 4. The van der Waals surface area contributed by atoms with Gasteiger partial charge in [0.2, 0.25) is 0 Å². The fourth-order valence-corrected chi connectivity index (χ4v) is 18.5. The summed E-state index contributed by atoms with van der Waals surface area (Å²) in [6.45, 7) is 0. The van der Waals surface area contributed by atoms with Crippen LogP contribution in [0.1, 0.15) is 0 Å². The summed E-state index contributed by atoms with van der Waals surface area (Å²) in [4.78, 5) is 27.5. The van der Waals surface area contributed by atoms with Crippen molar-refractivity contribution in [1.82, 2.24) is 0 Å². The van der Waals surface area contributed by atoms with E-state index in [1.165, 1.54) is 0 Å². The number of halogens is 1. The van der Waals surface area contributed by atoms with Crippen molar-refractivity contribution in [2.45, 2.75) is 4.32 Å². The Morgan fingerprint density at radius 3 is 1.72 bits per heavy atom. The van der Waals surface area contributed by atoms with Crippen LogP contribution >= 0.6 is 15.9 Å². The van der Waals surface area contributed by atoms with Crippen LogP contribution in [-0.4, -0.2) is 30.5 Å². The van der Waals surface area contributed by atoms with Gasteiger partial charge in [-0.2, -0.15) is 0 Å². The van der Waals surface area contributed by atoms with Crippen LogP contribution in [0.15, 0.2) is 0 Å². The highest BCUT2D eigenvalue weighted by Gasteiger charge is 3.08. The molecule has 0 amide bonds. The minimum absolute atomic E-state index is 0.107. The van der Waals surface area contributed by atoms with E-state index >= 15 is 0 Å². The van der Waals surface area contributed by atoms with E-state index in [1.54, 1.807) is 14.2 Å². The van der Waals surface area contributed by atoms with Gasteiger partial charge < -0.3 is 9.47 Å². The number of hydrogen-bond donors (Lipinski definition) is 0. The zero-order chi connectivity index (χ0) is 18.9. The molecule has 4 nitrogen and oxygen atoms in total. The van der Waals surface area contributed by atoms with Crippen molar-refractivity contribution in [3.8, 4) is 0 Å². The molecular weight excluding hydrogens is 432 g/mol. The van der Waals surface area contributed by atoms with Crippen LogP contribution in [0.5, 0.6) is 0 Å². The van der Waals surface area contributed by atoms with Gasteiger partial charge in [-0.05, 0) is 101 Å². The normalized spacial score (nSPS) is 85.4. The molecule has 0 aromatic rings. The highest BCUT2D eigenvalue weighted by atomic mass is 79.9. The van der Waals surface area contributed by atoms with Gasteiger partial charge in [-0.3, -0.25) is 9.59 Å². The van der Waals surface area contributed by atoms with Gasteiger partial charge in [0.15, 0.2) is 0 Å². The minimum Gasteiger partial charge on any atom is -0.469 e. The molecule has 29 heavy (non-hydrogen) atoms. The van der Waals surface area contributed by atoms with E-state index in [-0.39, 0.29) is 27.1 Å². The second kappa shape index (κ2) is 3.28. The maximum Gasteiger partial charge on any atom is 0.312 e. The van der Waals surface area contributed by atoms with Gasteiger partial charge in [-0.25, -0.2) is 0 Å². The lowest BCUT2D eigenvalue weighted by Crippen LogP contribution is -2.47. The maximum atomic E-state index is 13.8. The third-order valence-corrected chi connectivity index (χ3v) is 16.3. The van der Waals surface area contributed by atoms with Gasteiger partial charge in [0.05, 0.1) is 25.0 Å². The van der Waals surface area contributed by atoms with Gasteiger partial charge in [0.25, 0.3) is 0 Å². The number of ether oxygens (including phenoxy) is 2. The van der Waals surface area contributed by atoms with Gasteiger partial charge in [0, 0.05) is 4.32 Å². The van der Waals surface area contributed by atoms with Crippen LogP contribution in [0.4, 0.5) is 0 Å². The summed E-state index contributed by atoms with van der Waals surface area (Å²) in [6.07, 6.45) is 0. The number of methoxy groups -OCH3 is 2. The molecule has 0 spiro atoms. The molecule has 20 unspecified atom stereocenters. The summed E-state index contributed by atoms with van der Waals surface area (Å²) in [5.74, 6) is 11.2. The lowest BCUT2D eigenvalue weighted by Gasteiger charge is -2.40. The largest absolute Gasteiger partial charge is 0.469 e. The van der Waals surface area contributed by atoms with E-state index in [9.17, 15) is 9.59 Å². The predicted octanol–water partition coefficient (Wildman–Crippen LogP) is 2.06. The third-order valence-electron chi connectivity index (χ3n) is 14.7. The van der Waals surface area contributed by atoms with E-state index in [4.69, 9.17) is 9.47 Å². The van der Waals surface area contributed by atoms with Crippen LogP contribution in [0, 0.1) is 111 Å². The summed E-state index contributed by atoms with van der Waals surface area (Å²) in [7, 11) is 3.28. The molecule has 12 saturated carbocycles. The fourth-order valence-electron chi connectivity index (χ4n) is 16.6. The molecule has 0 N–H and O–H groups in total. The lowest BCUT2D eigenvalue weighted by molar-refractivity contribution is -0.163. The summed E-state index contributed by atoms with van der Waals surface area (Å²) in [6, 6.07) is 0. The van der Waals surface area contributed by atoms with Crippen molar-refractivity contribution < 1.29 is 19.1 Å². The zero-order valence-corrected chi connectivity index (χ0v) is 17.9. The maximum absolute atomic E-state index is 13.8. The number of esters is 2. The quantitative estimate of drug-likeness (QED) is 0.473. The number of carbonyl (C=O) groups excluding carboxylic acids is 2. The number of alkyl halides is 1. The Morgan fingerprint density at radius 1 is 0.586 bits per heavy atom. The summed E-state index contributed by atoms with van der Waals surface area (Å²) in [5, 5.41) is 0. The Bertz CT molecular complexity index is 1070. The van der Waals surface area contributed by atoms with E-state index in [0.29, 0.717) is 65.1 Å². The van der Waals surface area contributed by atoms with Crippen molar-refractivity contribution >= 4 is 27.9 Å². The second-order valence-electron chi connectivity index (χ2n) is 13.0. The molecule has 0 radical (unpaired) electrons. The first-order chi connectivity index (χ1) is 14.1. The van der Waals surface area contributed by atoms with Crippen LogP contribution < -0.4 is 0 Å². The third kappa shape index (κ3) is 0.753. The van der Waals surface area contributed by atoms with Crippen LogP contribution in [0.25, 0.3) is 0 Å². The monoisotopic (exact) mass is 454 g/mol. The second-order valence-corrected chi connectivity index (χ2v) is 14.4. The van der Waals surface area contributed by atoms with Crippen molar-refractivity contribution in [2.75, 3.05) is 14.2 Å². The van der Waals surface area contributed by atoms with Crippen LogP contribution in [-0.2, 0) is 19.1 Å². The zero-order valence-electron chi connectivity index (χ0n) is 16.3. The first-order valence-electron chi connectivity index (χ1n) is 11.9. The van der Waals surface area contributed by atoms with Gasteiger partial charge in [-0.15, -0.1) is 0 Å². The van der Waals surface area contributed by atoms with Crippen LogP contribution in [0.3, 0.4) is 0 Å². The van der Waals surface area contributed by atoms with E-state index < -0.39 is 0 Å². The number of carbonyl (C=O) groups is 2. The molecule has 0 saturated heterocycles. The molecule has 12 rings (SSSR count). The molecule has 150 valence electrons. The molecule has 12 aliphatic rings. The summed E-state index contributed by atoms with van der Waals surface area (Å²) < 4.78 is 11.4. The Kier molecular flexibility index (Phi) is 1.64. The Balaban J connectivity index is 1.36. The summed E-state index contributed by atoms with van der Waals surface area (Å²) >= 11 is 4.48. The number of rotatable bonds is 2. The molecular formula is C24H23BrO4. The van der Waals surface area contributed by atoms with E-state index in [0.717, 1.165) is 35.5 Å². The molecule has 0 aromatic heterocycles. The fraction of sp³-hybridized carbons (Fsp3) is 0.917. The molecule has 0 bridgehead atoms. The van der Waals surface area contributed by atoms with Crippen molar-refractivity contribution in [3.63, 3.8) is 0 Å². The lowest BCUT2D eigenvalue weighted by atomic mass is 9.63. The summed E-state index contributed by atoms with van der Waals surface area (Å²) in [5.41, 5.74) is -0.409. The molecule has 0 aliphatic heterocycles. The standard InChI is InChI=1S/C24H23BrO4/c1-28-20(26)22-12-4-3-5-8-7(4)13(22)10-11-16(22)18-9(12)6(3)17-15(5)23(14(8)10,21(27)29-2)19(11)24(17,18)25/h3-19H,1-2H3. The predicted molar refractivity (Wildman–Crippen MR) is 99.9 cm³/mol. The molecule has 20 atom stereocenters. The van der Waals surface area contributed by atoms with E-state index in [1.807, 2.05) is 0 Å². The highest BCUT2D eigenvalue weighted by Crippen LogP contribution is 3.07. The van der Waals surface area contributed by atoms with Gasteiger partial charge in [0.1, 0.15) is 0 Å². The minimum atomic E-state index is -0.219.